The van der Waals surface area contributed by atoms with Crippen LogP contribution in [0.2, 0.25) is 0 Å². The van der Waals surface area contributed by atoms with E-state index >= 15 is 0 Å². The number of hydrogen-bond acceptors (Lipinski definition) is 5. The van der Waals surface area contributed by atoms with Crippen LogP contribution in [-0.2, 0) is 9.53 Å². The summed E-state index contributed by atoms with van der Waals surface area (Å²) >= 11 is 0. The van der Waals surface area contributed by atoms with Gasteiger partial charge in [-0.15, -0.1) is 0 Å². The summed E-state index contributed by atoms with van der Waals surface area (Å²) in [6.07, 6.45) is 1.99. The van der Waals surface area contributed by atoms with Crippen molar-refractivity contribution in [2.24, 2.45) is 0 Å². The number of rotatable bonds is 7. The Kier molecular flexibility index (Phi) is 6.45. The molecule has 0 saturated heterocycles. The molecule has 180 valence electrons. The van der Waals surface area contributed by atoms with E-state index in [-0.39, 0.29) is 11.9 Å². The second-order valence-electron chi connectivity index (χ2n) is 8.80. The molecule has 0 aliphatic heterocycles. The van der Waals surface area contributed by atoms with Gasteiger partial charge in [-0.05, 0) is 49.6 Å². The quantitative estimate of drug-likeness (QED) is 0.368. The van der Waals surface area contributed by atoms with Crippen molar-refractivity contribution in [1.82, 2.24) is 10.3 Å². The summed E-state index contributed by atoms with van der Waals surface area (Å²) in [5.74, 6) is -1.27. The van der Waals surface area contributed by atoms with Crippen LogP contribution in [0.5, 0.6) is 0 Å². The van der Waals surface area contributed by atoms with Gasteiger partial charge in [0, 0.05) is 28.2 Å². The zero-order valence-corrected chi connectivity index (χ0v) is 19.8. The molecule has 1 aliphatic carbocycles. The molecule has 0 unspecified atom stereocenters. The standard InChI is InChI=1S/C29H25N3O4/c1-18-26(23-12-5-6-13-24(23)32-27(18)19-8-3-2-4-9-19)29(35)36-17-25(33)30-22-11-7-10-20(16-22)28(34)31-21-14-15-21/h2-13,16,21H,14-15,17H2,1H3,(H,30,33)(H,31,34). The zero-order chi connectivity index (χ0) is 25.1. The molecule has 5 rings (SSSR count). The summed E-state index contributed by atoms with van der Waals surface area (Å²) < 4.78 is 5.42. The van der Waals surface area contributed by atoms with Crippen molar-refractivity contribution in [2.45, 2.75) is 25.8 Å². The molecule has 1 heterocycles. The molecule has 0 spiro atoms. The highest BCUT2D eigenvalue weighted by Crippen LogP contribution is 2.30. The van der Waals surface area contributed by atoms with Crippen LogP contribution in [0, 0.1) is 6.92 Å². The molecule has 1 aliphatic rings. The van der Waals surface area contributed by atoms with Gasteiger partial charge >= 0.3 is 5.97 Å². The zero-order valence-electron chi connectivity index (χ0n) is 19.8. The van der Waals surface area contributed by atoms with Crippen molar-refractivity contribution >= 4 is 34.4 Å². The third-order valence-corrected chi connectivity index (χ3v) is 6.04. The Morgan fingerprint density at radius 2 is 1.69 bits per heavy atom. The summed E-state index contributed by atoms with van der Waals surface area (Å²) in [5.41, 5.74) is 4.22. The first-order chi connectivity index (χ1) is 17.5. The Morgan fingerprint density at radius 3 is 2.47 bits per heavy atom. The van der Waals surface area contributed by atoms with E-state index in [1.54, 1.807) is 24.3 Å². The minimum Gasteiger partial charge on any atom is -0.452 e. The predicted molar refractivity (Wildman–Crippen MR) is 138 cm³/mol. The summed E-state index contributed by atoms with van der Waals surface area (Å²) in [4.78, 5) is 42.8. The third-order valence-electron chi connectivity index (χ3n) is 6.04. The largest absolute Gasteiger partial charge is 0.452 e. The lowest BCUT2D eigenvalue weighted by Gasteiger charge is -2.14. The van der Waals surface area contributed by atoms with Crippen LogP contribution in [0.3, 0.4) is 0 Å². The summed E-state index contributed by atoms with van der Waals surface area (Å²) in [7, 11) is 0. The van der Waals surface area contributed by atoms with Crippen LogP contribution in [0.4, 0.5) is 5.69 Å². The maximum Gasteiger partial charge on any atom is 0.339 e. The van der Waals surface area contributed by atoms with Crippen molar-refractivity contribution in [1.29, 1.82) is 0 Å². The van der Waals surface area contributed by atoms with Gasteiger partial charge in [0.1, 0.15) is 0 Å². The fourth-order valence-electron chi connectivity index (χ4n) is 4.08. The Balaban J connectivity index is 1.32. The average Bonchev–Trinajstić information content (AvgIpc) is 3.71. The SMILES string of the molecule is Cc1c(-c2ccccc2)nc2ccccc2c1C(=O)OCC(=O)Nc1cccc(C(=O)NC2CC2)c1. The minimum absolute atomic E-state index is 0.172. The van der Waals surface area contributed by atoms with Crippen molar-refractivity contribution in [3.8, 4) is 11.3 Å². The number of anilines is 1. The molecule has 4 aromatic rings. The van der Waals surface area contributed by atoms with Gasteiger partial charge in [-0.1, -0.05) is 54.6 Å². The smallest absolute Gasteiger partial charge is 0.339 e. The van der Waals surface area contributed by atoms with Gasteiger partial charge in [-0.2, -0.15) is 0 Å². The molecule has 2 N–H and O–H groups in total. The van der Waals surface area contributed by atoms with Gasteiger partial charge in [0.05, 0.1) is 16.8 Å². The lowest BCUT2D eigenvalue weighted by molar-refractivity contribution is -0.119. The first-order valence-corrected chi connectivity index (χ1v) is 11.8. The van der Waals surface area contributed by atoms with E-state index in [0.29, 0.717) is 39.0 Å². The molecule has 0 radical (unpaired) electrons. The number of benzene rings is 3. The van der Waals surface area contributed by atoms with Crippen LogP contribution < -0.4 is 10.6 Å². The minimum atomic E-state index is -0.601. The molecule has 1 fully saturated rings. The molecule has 7 heteroatoms. The summed E-state index contributed by atoms with van der Waals surface area (Å²) in [6.45, 7) is 1.37. The average molecular weight is 480 g/mol. The molecule has 7 nitrogen and oxygen atoms in total. The fraction of sp³-hybridized carbons (Fsp3) is 0.172. The number of nitrogens with zero attached hydrogens (tertiary/aromatic N) is 1. The van der Waals surface area contributed by atoms with Crippen LogP contribution >= 0.6 is 0 Å². The molecule has 0 atom stereocenters. The second kappa shape index (κ2) is 10.00. The molecule has 1 aromatic heterocycles. The summed E-state index contributed by atoms with van der Waals surface area (Å²) in [6, 6.07) is 23.9. The highest BCUT2D eigenvalue weighted by atomic mass is 16.5. The topological polar surface area (TPSA) is 97.4 Å². The highest BCUT2D eigenvalue weighted by molar-refractivity contribution is 6.07. The predicted octanol–water partition coefficient (Wildman–Crippen LogP) is 4.90. The highest BCUT2D eigenvalue weighted by Gasteiger charge is 2.24. The maximum atomic E-state index is 13.2. The number of carbonyl (C=O) groups excluding carboxylic acids is 3. The monoisotopic (exact) mass is 479 g/mol. The van der Waals surface area contributed by atoms with Crippen molar-refractivity contribution in [3.63, 3.8) is 0 Å². The number of esters is 1. The van der Waals surface area contributed by atoms with Gasteiger partial charge < -0.3 is 15.4 Å². The summed E-state index contributed by atoms with van der Waals surface area (Å²) in [5, 5.41) is 6.27. The van der Waals surface area contributed by atoms with E-state index in [0.717, 1.165) is 18.4 Å². The number of ether oxygens (including phenoxy) is 1. The number of pyridine rings is 1. The number of carbonyl (C=O) groups is 3. The number of aromatic nitrogens is 1. The van der Waals surface area contributed by atoms with E-state index in [4.69, 9.17) is 9.72 Å². The molecule has 2 amide bonds. The number of amides is 2. The van der Waals surface area contributed by atoms with Crippen LogP contribution in [0.25, 0.3) is 22.2 Å². The van der Waals surface area contributed by atoms with Gasteiger partial charge in [-0.25, -0.2) is 9.78 Å². The molecule has 3 aromatic carbocycles. The van der Waals surface area contributed by atoms with Gasteiger partial charge in [0.15, 0.2) is 6.61 Å². The van der Waals surface area contributed by atoms with Crippen molar-refractivity contribution in [2.75, 3.05) is 11.9 Å². The third kappa shape index (κ3) is 5.10. The van der Waals surface area contributed by atoms with E-state index in [2.05, 4.69) is 10.6 Å². The normalized spacial score (nSPS) is 12.7. The Morgan fingerprint density at radius 1 is 0.944 bits per heavy atom. The molecule has 0 bridgehead atoms. The fourth-order valence-corrected chi connectivity index (χ4v) is 4.08. The van der Waals surface area contributed by atoms with E-state index in [1.165, 1.54) is 0 Å². The Bertz CT molecular complexity index is 1460. The first kappa shape index (κ1) is 23.2. The lowest BCUT2D eigenvalue weighted by atomic mass is 9.98. The van der Waals surface area contributed by atoms with Crippen LogP contribution in [0.1, 0.15) is 39.1 Å². The van der Waals surface area contributed by atoms with Crippen molar-refractivity contribution < 1.29 is 19.1 Å². The number of nitrogens with one attached hydrogen (secondary N) is 2. The van der Waals surface area contributed by atoms with Gasteiger partial charge in [-0.3, -0.25) is 9.59 Å². The van der Waals surface area contributed by atoms with Gasteiger partial charge in [0.2, 0.25) is 0 Å². The number of fused-ring (bicyclic) bond motifs is 1. The van der Waals surface area contributed by atoms with Crippen LogP contribution in [-0.4, -0.2) is 35.4 Å². The molecular formula is C29H25N3O4. The van der Waals surface area contributed by atoms with E-state index in [1.807, 2.05) is 61.5 Å². The Labute approximate surface area is 208 Å². The second-order valence-corrected chi connectivity index (χ2v) is 8.80. The molecule has 1 saturated carbocycles. The number of hydrogen-bond donors (Lipinski definition) is 2. The number of para-hydroxylation sites is 1. The van der Waals surface area contributed by atoms with Crippen LogP contribution in [0.15, 0.2) is 78.9 Å². The molecule has 36 heavy (non-hydrogen) atoms. The van der Waals surface area contributed by atoms with E-state index in [9.17, 15) is 14.4 Å². The van der Waals surface area contributed by atoms with Crippen molar-refractivity contribution in [3.05, 3.63) is 95.6 Å². The van der Waals surface area contributed by atoms with E-state index < -0.39 is 18.5 Å². The Hall–Kier alpha value is -4.52. The van der Waals surface area contributed by atoms with Gasteiger partial charge in [0.25, 0.3) is 11.8 Å². The molecular weight excluding hydrogens is 454 g/mol. The lowest BCUT2D eigenvalue weighted by Crippen LogP contribution is -2.25. The first-order valence-electron chi connectivity index (χ1n) is 11.8. The maximum absolute atomic E-state index is 13.2.